The van der Waals surface area contributed by atoms with E-state index in [9.17, 15) is 0 Å². The highest BCUT2D eigenvalue weighted by molar-refractivity contribution is 14.0. The second kappa shape index (κ2) is 13.1. The highest BCUT2D eigenvalue weighted by Crippen LogP contribution is 2.16. The van der Waals surface area contributed by atoms with Crippen LogP contribution in [0.25, 0.3) is 0 Å². The van der Waals surface area contributed by atoms with Gasteiger partial charge in [-0.1, -0.05) is 24.3 Å². The average Bonchev–Trinajstić information content (AvgIpc) is 2.96. The second-order valence-corrected chi connectivity index (χ2v) is 7.31. The molecule has 0 unspecified atom stereocenters. The van der Waals surface area contributed by atoms with Crippen molar-refractivity contribution in [2.45, 2.75) is 47.3 Å². The summed E-state index contributed by atoms with van der Waals surface area (Å²) in [6.45, 7) is 11.9. The van der Waals surface area contributed by atoms with E-state index in [4.69, 9.17) is 9.73 Å². The predicted octanol–water partition coefficient (Wildman–Crippen LogP) is 4.21. The molecule has 1 aromatic heterocycles. The number of aryl methyl sites for hydroxylation is 2. The molecule has 0 saturated heterocycles. The number of thiazole rings is 1. The summed E-state index contributed by atoms with van der Waals surface area (Å²) in [5.41, 5.74) is 3.53. The number of ether oxygens (including phenoxy) is 1. The van der Waals surface area contributed by atoms with Crippen LogP contribution < -0.4 is 10.6 Å². The Hall–Kier alpha value is -1.19. The van der Waals surface area contributed by atoms with Crippen LogP contribution in [-0.4, -0.2) is 30.6 Å². The van der Waals surface area contributed by atoms with Crippen molar-refractivity contribution in [2.24, 2.45) is 4.99 Å². The van der Waals surface area contributed by atoms with Gasteiger partial charge in [-0.3, -0.25) is 0 Å². The molecule has 0 bridgehead atoms. The Morgan fingerprint density at radius 2 is 1.89 bits per heavy atom. The molecule has 0 atom stereocenters. The fourth-order valence-corrected chi connectivity index (χ4v) is 3.44. The van der Waals surface area contributed by atoms with Gasteiger partial charge in [-0.15, -0.1) is 35.3 Å². The van der Waals surface area contributed by atoms with Crippen LogP contribution in [0.4, 0.5) is 0 Å². The van der Waals surface area contributed by atoms with Crippen molar-refractivity contribution >= 4 is 41.3 Å². The van der Waals surface area contributed by atoms with E-state index in [2.05, 4.69) is 48.5 Å². The summed E-state index contributed by atoms with van der Waals surface area (Å²) in [6, 6.07) is 8.31. The number of benzene rings is 1. The predicted molar refractivity (Wildman–Crippen MR) is 125 cm³/mol. The molecular formula is C20H31IN4OS. The van der Waals surface area contributed by atoms with Crippen molar-refractivity contribution in [2.75, 3.05) is 19.7 Å². The maximum Gasteiger partial charge on any atom is 0.191 e. The van der Waals surface area contributed by atoms with Gasteiger partial charge in [0.1, 0.15) is 0 Å². The molecule has 7 heteroatoms. The first-order valence-electron chi connectivity index (χ1n) is 9.23. The van der Waals surface area contributed by atoms with E-state index in [1.807, 2.05) is 19.1 Å². The van der Waals surface area contributed by atoms with Crippen LogP contribution in [-0.2, 0) is 24.3 Å². The van der Waals surface area contributed by atoms with Crippen molar-refractivity contribution in [3.63, 3.8) is 0 Å². The van der Waals surface area contributed by atoms with Crippen molar-refractivity contribution < 1.29 is 4.74 Å². The Kier molecular flexibility index (Phi) is 11.5. The number of hydrogen-bond donors (Lipinski definition) is 2. The largest absolute Gasteiger partial charge is 0.377 e. The van der Waals surface area contributed by atoms with Gasteiger partial charge in [-0.05, 0) is 38.8 Å². The third-order valence-electron chi connectivity index (χ3n) is 4.04. The van der Waals surface area contributed by atoms with E-state index >= 15 is 0 Å². The van der Waals surface area contributed by atoms with Gasteiger partial charge >= 0.3 is 0 Å². The summed E-state index contributed by atoms with van der Waals surface area (Å²) >= 11 is 1.77. The molecule has 0 amide bonds. The monoisotopic (exact) mass is 502 g/mol. The molecule has 0 aliphatic carbocycles. The number of rotatable bonds is 9. The van der Waals surface area contributed by atoms with Crippen LogP contribution in [0.15, 0.2) is 29.3 Å². The Morgan fingerprint density at radius 3 is 2.52 bits per heavy atom. The minimum Gasteiger partial charge on any atom is -0.377 e. The molecule has 5 nitrogen and oxygen atoms in total. The van der Waals surface area contributed by atoms with E-state index in [0.717, 1.165) is 37.8 Å². The first-order valence-corrected chi connectivity index (χ1v) is 10.0. The zero-order valence-electron chi connectivity index (χ0n) is 16.7. The topological polar surface area (TPSA) is 58.5 Å². The highest BCUT2D eigenvalue weighted by atomic mass is 127. The van der Waals surface area contributed by atoms with Crippen molar-refractivity contribution in [3.8, 4) is 0 Å². The molecule has 0 fully saturated rings. The summed E-state index contributed by atoms with van der Waals surface area (Å²) in [5.74, 6) is 0.837. The number of nitrogens with zero attached hydrogens (tertiary/aromatic N) is 2. The lowest BCUT2D eigenvalue weighted by Crippen LogP contribution is -2.38. The normalized spacial score (nSPS) is 11.2. The molecule has 2 rings (SSSR count). The summed E-state index contributed by atoms with van der Waals surface area (Å²) in [4.78, 5) is 10.6. The van der Waals surface area contributed by atoms with Gasteiger partial charge in [-0.25, -0.2) is 9.98 Å². The first-order chi connectivity index (χ1) is 12.6. The smallest absolute Gasteiger partial charge is 0.191 e. The van der Waals surface area contributed by atoms with E-state index in [0.29, 0.717) is 13.2 Å². The van der Waals surface area contributed by atoms with Crippen molar-refractivity contribution in [1.82, 2.24) is 15.6 Å². The van der Waals surface area contributed by atoms with Crippen LogP contribution in [0, 0.1) is 13.8 Å². The fraction of sp³-hybridized carbons (Fsp3) is 0.500. The quantitative estimate of drug-likeness (QED) is 0.307. The van der Waals surface area contributed by atoms with E-state index in [1.54, 1.807) is 11.3 Å². The second-order valence-electron chi connectivity index (χ2n) is 6.03. The highest BCUT2D eigenvalue weighted by Gasteiger charge is 2.05. The molecular weight excluding hydrogens is 471 g/mol. The summed E-state index contributed by atoms with van der Waals surface area (Å²) < 4.78 is 5.55. The molecule has 0 saturated carbocycles. The minimum atomic E-state index is 0. The zero-order valence-corrected chi connectivity index (χ0v) is 19.8. The number of halogens is 1. The van der Waals surface area contributed by atoms with Crippen LogP contribution in [0.2, 0.25) is 0 Å². The maximum atomic E-state index is 5.55. The number of hydrogen-bond acceptors (Lipinski definition) is 4. The number of aromatic nitrogens is 1. The number of guanidine groups is 1. The fourth-order valence-electron chi connectivity index (χ4n) is 2.50. The van der Waals surface area contributed by atoms with Gasteiger partial charge in [0.15, 0.2) is 5.96 Å². The summed E-state index contributed by atoms with van der Waals surface area (Å²) in [5, 5.41) is 7.89. The lowest BCUT2D eigenvalue weighted by atomic mass is 10.1. The van der Waals surface area contributed by atoms with Gasteiger partial charge in [0.25, 0.3) is 0 Å². The van der Waals surface area contributed by atoms with E-state index in [1.165, 1.54) is 21.0 Å². The van der Waals surface area contributed by atoms with Crippen LogP contribution >= 0.6 is 35.3 Å². The summed E-state index contributed by atoms with van der Waals surface area (Å²) in [7, 11) is 0. The molecule has 0 spiro atoms. The standard InChI is InChI=1S/C20H30N4OS.HI/c1-5-21-20(22-12-11-19-24-15(3)16(4)26-19)23-13-17-9-7-8-10-18(17)14-25-6-2;/h7-10H,5-6,11-14H2,1-4H3,(H2,21,22,23);1H. The van der Waals surface area contributed by atoms with Gasteiger partial charge in [0.2, 0.25) is 0 Å². The van der Waals surface area contributed by atoms with Crippen LogP contribution in [0.5, 0.6) is 0 Å². The van der Waals surface area contributed by atoms with Crippen LogP contribution in [0.3, 0.4) is 0 Å². The molecule has 1 heterocycles. The SMILES string of the molecule is CCNC(=NCc1ccccc1COCC)NCCc1nc(C)c(C)s1.I. The Morgan fingerprint density at radius 1 is 1.15 bits per heavy atom. The molecule has 27 heavy (non-hydrogen) atoms. The summed E-state index contributed by atoms with van der Waals surface area (Å²) in [6.07, 6.45) is 0.907. The third kappa shape index (κ3) is 8.15. The zero-order chi connectivity index (χ0) is 18.8. The molecule has 0 radical (unpaired) electrons. The van der Waals surface area contributed by atoms with Gasteiger partial charge < -0.3 is 15.4 Å². The van der Waals surface area contributed by atoms with Crippen molar-refractivity contribution in [1.29, 1.82) is 0 Å². The molecule has 2 N–H and O–H groups in total. The minimum absolute atomic E-state index is 0. The lowest BCUT2D eigenvalue weighted by molar-refractivity contribution is 0.133. The van der Waals surface area contributed by atoms with Crippen LogP contribution in [0.1, 0.15) is 40.6 Å². The van der Waals surface area contributed by atoms with Crippen molar-refractivity contribution in [3.05, 3.63) is 51.0 Å². The average molecular weight is 502 g/mol. The third-order valence-corrected chi connectivity index (χ3v) is 5.17. The van der Waals surface area contributed by atoms with Gasteiger partial charge in [0, 0.05) is 31.0 Å². The molecule has 150 valence electrons. The van der Waals surface area contributed by atoms with Gasteiger partial charge in [0.05, 0.1) is 23.9 Å². The number of aliphatic imine (C=N–C) groups is 1. The van der Waals surface area contributed by atoms with E-state index in [-0.39, 0.29) is 24.0 Å². The first kappa shape index (κ1) is 23.8. The Labute approximate surface area is 184 Å². The Bertz CT molecular complexity index is 698. The molecule has 0 aliphatic rings. The van der Waals surface area contributed by atoms with E-state index < -0.39 is 0 Å². The van der Waals surface area contributed by atoms with Gasteiger partial charge in [-0.2, -0.15) is 0 Å². The molecule has 0 aliphatic heterocycles. The molecule has 1 aromatic carbocycles. The Balaban J connectivity index is 0.00000364. The molecule has 2 aromatic rings. The maximum absolute atomic E-state index is 5.55. The number of nitrogens with one attached hydrogen (secondary N) is 2. The lowest BCUT2D eigenvalue weighted by Gasteiger charge is -2.12.